The first kappa shape index (κ1) is 9.18. The molecule has 4 nitrogen and oxygen atoms in total. The largest absolute Gasteiger partial charge is 0.387 e. The number of aromatic nitrogens is 2. The third kappa shape index (κ3) is 1.38. The monoisotopic (exact) mass is 191 g/mol. The fourth-order valence-corrected chi connectivity index (χ4v) is 1.57. The molecule has 0 saturated carbocycles. The molecule has 0 aromatic carbocycles. The highest BCUT2D eigenvalue weighted by Gasteiger charge is 2.10. The van der Waals surface area contributed by atoms with E-state index < -0.39 is 6.10 Å². The van der Waals surface area contributed by atoms with Crippen molar-refractivity contribution in [2.45, 2.75) is 13.0 Å². The molecule has 2 rings (SSSR count). The van der Waals surface area contributed by atoms with E-state index in [4.69, 9.17) is 5.73 Å². The number of aliphatic hydroxyl groups is 1. The first-order chi connectivity index (χ1) is 6.72. The van der Waals surface area contributed by atoms with Crippen LogP contribution in [0, 0.1) is 6.92 Å². The summed E-state index contributed by atoms with van der Waals surface area (Å²) in [4.78, 5) is 0. The van der Waals surface area contributed by atoms with E-state index in [-0.39, 0.29) is 6.54 Å². The van der Waals surface area contributed by atoms with Crippen LogP contribution in [0.4, 0.5) is 0 Å². The van der Waals surface area contributed by atoms with E-state index in [0.717, 1.165) is 16.8 Å². The van der Waals surface area contributed by atoms with Crippen LogP contribution in [0.25, 0.3) is 5.52 Å². The molecule has 0 bridgehead atoms. The van der Waals surface area contributed by atoms with Gasteiger partial charge in [-0.15, -0.1) is 0 Å². The van der Waals surface area contributed by atoms with Gasteiger partial charge in [-0.2, -0.15) is 5.10 Å². The molecule has 0 radical (unpaired) electrons. The second kappa shape index (κ2) is 3.40. The van der Waals surface area contributed by atoms with Gasteiger partial charge in [-0.05, 0) is 19.1 Å². The summed E-state index contributed by atoms with van der Waals surface area (Å²) in [6.45, 7) is 2.15. The topological polar surface area (TPSA) is 63.5 Å². The second-order valence-corrected chi connectivity index (χ2v) is 3.33. The molecule has 0 spiro atoms. The maximum Gasteiger partial charge on any atom is 0.0933 e. The number of hydrogen-bond donors (Lipinski definition) is 2. The summed E-state index contributed by atoms with van der Waals surface area (Å²) < 4.78 is 1.75. The zero-order valence-corrected chi connectivity index (χ0v) is 8.01. The van der Waals surface area contributed by atoms with E-state index in [2.05, 4.69) is 5.10 Å². The van der Waals surface area contributed by atoms with E-state index in [1.54, 1.807) is 4.52 Å². The summed E-state index contributed by atoms with van der Waals surface area (Å²) in [5.74, 6) is 0. The van der Waals surface area contributed by atoms with Gasteiger partial charge in [-0.1, -0.05) is 6.07 Å². The molecule has 4 heteroatoms. The summed E-state index contributed by atoms with van der Waals surface area (Å²) in [5.41, 5.74) is 8.10. The lowest BCUT2D eigenvalue weighted by Crippen LogP contribution is -2.12. The average molecular weight is 191 g/mol. The van der Waals surface area contributed by atoms with E-state index in [0.29, 0.717) is 0 Å². The summed E-state index contributed by atoms with van der Waals surface area (Å²) in [6, 6.07) is 5.66. The van der Waals surface area contributed by atoms with Crippen molar-refractivity contribution in [1.29, 1.82) is 0 Å². The Morgan fingerprint density at radius 3 is 3.14 bits per heavy atom. The predicted molar refractivity (Wildman–Crippen MR) is 53.9 cm³/mol. The SMILES string of the molecule is Cc1cc2c(C(O)CN)cccn2n1. The number of fused-ring (bicyclic) bond motifs is 1. The third-order valence-electron chi connectivity index (χ3n) is 2.24. The van der Waals surface area contributed by atoms with Gasteiger partial charge in [0.1, 0.15) is 0 Å². The molecule has 1 atom stereocenters. The molecule has 2 heterocycles. The van der Waals surface area contributed by atoms with Crippen LogP contribution in [0.3, 0.4) is 0 Å². The molecular weight excluding hydrogens is 178 g/mol. The smallest absolute Gasteiger partial charge is 0.0933 e. The van der Waals surface area contributed by atoms with Crippen molar-refractivity contribution in [3.63, 3.8) is 0 Å². The van der Waals surface area contributed by atoms with Crippen LogP contribution in [-0.4, -0.2) is 21.3 Å². The summed E-state index contributed by atoms with van der Waals surface area (Å²) in [7, 11) is 0. The van der Waals surface area contributed by atoms with Crippen LogP contribution in [-0.2, 0) is 0 Å². The lowest BCUT2D eigenvalue weighted by molar-refractivity contribution is 0.188. The third-order valence-corrected chi connectivity index (χ3v) is 2.24. The van der Waals surface area contributed by atoms with Crippen LogP contribution >= 0.6 is 0 Å². The zero-order chi connectivity index (χ0) is 10.1. The predicted octanol–water partition coefficient (Wildman–Crippen LogP) is 0.635. The summed E-state index contributed by atoms with van der Waals surface area (Å²) in [5, 5.41) is 13.9. The molecule has 0 saturated heterocycles. The maximum absolute atomic E-state index is 9.67. The van der Waals surface area contributed by atoms with Gasteiger partial charge in [0.2, 0.25) is 0 Å². The van der Waals surface area contributed by atoms with Gasteiger partial charge in [-0.3, -0.25) is 0 Å². The van der Waals surface area contributed by atoms with Crippen LogP contribution in [0.1, 0.15) is 17.4 Å². The van der Waals surface area contributed by atoms with E-state index in [1.165, 1.54) is 0 Å². The number of nitrogens with two attached hydrogens (primary N) is 1. The standard InChI is InChI=1S/C10H13N3O/c1-7-5-9-8(10(14)6-11)3-2-4-13(9)12-7/h2-5,10,14H,6,11H2,1H3. The first-order valence-electron chi connectivity index (χ1n) is 4.55. The first-order valence-corrected chi connectivity index (χ1v) is 4.55. The minimum Gasteiger partial charge on any atom is -0.387 e. The number of rotatable bonds is 2. The van der Waals surface area contributed by atoms with Crippen molar-refractivity contribution in [2.24, 2.45) is 5.73 Å². The molecule has 14 heavy (non-hydrogen) atoms. The highest BCUT2D eigenvalue weighted by Crippen LogP contribution is 2.18. The Balaban J connectivity index is 2.64. The van der Waals surface area contributed by atoms with Gasteiger partial charge in [-0.25, -0.2) is 4.52 Å². The number of nitrogens with zero attached hydrogens (tertiary/aromatic N) is 2. The van der Waals surface area contributed by atoms with Gasteiger partial charge in [0, 0.05) is 18.3 Å². The minimum absolute atomic E-state index is 0.226. The van der Waals surface area contributed by atoms with Crippen LogP contribution in [0.5, 0.6) is 0 Å². The Morgan fingerprint density at radius 1 is 1.64 bits per heavy atom. The molecule has 0 fully saturated rings. The molecule has 3 N–H and O–H groups in total. The van der Waals surface area contributed by atoms with Gasteiger partial charge in [0.25, 0.3) is 0 Å². The van der Waals surface area contributed by atoms with E-state index in [1.807, 2.05) is 31.3 Å². The minimum atomic E-state index is -0.616. The summed E-state index contributed by atoms with van der Waals surface area (Å²) in [6.07, 6.45) is 1.24. The molecule has 1 unspecified atom stereocenters. The van der Waals surface area contributed by atoms with Gasteiger partial charge in [0.15, 0.2) is 0 Å². The quantitative estimate of drug-likeness (QED) is 0.732. The molecule has 0 aliphatic carbocycles. The highest BCUT2D eigenvalue weighted by molar-refractivity contribution is 5.56. The Morgan fingerprint density at radius 2 is 2.43 bits per heavy atom. The Labute approximate surface area is 82.0 Å². The molecular formula is C10H13N3O. The lowest BCUT2D eigenvalue weighted by Gasteiger charge is -2.08. The zero-order valence-electron chi connectivity index (χ0n) is 8.01. The van der Waals surface area contributed by atoms with Gasteiger partial charge in [0.05, 0.1) is 17.3 Å². The van der Waals surface area contributed by atoms with Crippen molar-refractivity contribution in [1.82, 2.24) is 9.61 Å². The number of hydrogen-bond acceptors (Lipinski definition) is 3. The van der Waals surface area contributed by atoms with Crippen molar-refractivity contribution < 1.29 is 5.11 Å². The highest BCUT2D eigenvalue weighted by atomic mass is 16.3. The second-order valence-electron chi connectivity index (χ2n) is 3.33. The molecule has 2 aromatic heterocycles. The van der Waals surface area contributed by atoms with Crippen molar-refractivity contribution in [3.05, 3.63) is 35.7 Å². The van der Waals surface area contributed by atoms with Gasteiger partial charge >= 0.3 is 0 Å². The van der Waals surface area contributed by atoms with Crippen molar-refractivity contribution in [3.8, 4) is 0 Å². The molecule has 0 aliphatic heterocycles. The Hall–Kier alpha value is -1.39. The fourth-order valence-electron chi connectivity index (χ4n) is 1.57. The Kier molecular flexibility index (Phi) is 2.23. The van der Waals surface area contributed by atoms with Crippen molar-refractivity contribution >= 4 is 5.52 Å². The van der Waals surface area contributed by atoms with E-state index in [9.17, 15) is 5.11 Å². The number of pyridine rings is 1. The Bertz CT molecular complexity index is 450. The number of aliphatic hydroxyl groups excluding tert-OH is 1. The number of aryl methyl sites for hydroxylation is 1. The van der Waals surface area contributed by atoms with Crippen LogP contribution in [0.2, 0.25) is 0 Å². The summed E-state index contributed by atoms with van der Waals surface area (Å²) >= 11 is 0. The molecule has 0 aliphatic rings. The molecule has 2 aromatic rings. The van der Waals surface area contributed by atoms with Crippen LogP contribution in [0.15, 0.2) is 24.4 Å². The van der Waals surface area contributed by atoms with Crippen LogP contribution < -0.4 is 5.73 Å². The molecule has 74 valence electrons. The maximum atomic E-state index is 9.67. The molecule has 0 amide bonds. The normalized spacial score (nSPS) is 13.4. The van der Waals surface area contributed by atoms with Crippen molar-refractivity contribution in [2.75, 3.05) is 6.54 Å². The van der Waals surface area contributed by atoms with Gasteiger partial charge < -0.3 is 10.8 Å². The van der Waals surface area contributed by atoms with E-state index >= 15 is 0 Å². The average Bonchev–Trinajstić information content (AvgIpc) is 2.56. The lowest BCUT2D eigenvalue weighted by atomic mass is 10.1. The fraction of sp³-hybridized carbons (Fsp3) is 0.300.